The standard InChI is InChI=1S/C17H14ClN5O2/c18-12-4-2-11(3-5-12)13-10-19-23-14-6-8-22(7-1-9-24)17(25)15(14)20-21-16(13)23/h2-6,8,10,24H,1,7,9H2. The Morgan fingerprint density at radius 1 is 1.12 bits per heavy atom. The lowest BCUT2D eigenvalue weighted by Gasteiger charge is -2.06. The molecular weight excluding hydrogens is 342 g/mol. The van der Waals surface area contributed by atoms with E-state index in [0.29, 0.717) is 29.2 Å². The number of aliphatic hydroxyl groups excluding tert-OH is 1. The lowest BCUT2D eigenvalue weighted by molar-refractivity contribution is 0.279. The molecular formula is C17H14ClN5O2. The number of aromatic nitrogens is 5. The Labute approximate surface area is 147 Å². The van der Waals surface area contributed by atoms with Crippen molar-refractivity contribution in [1.82, 2.24) is 24.4 Å². The van der Waals surface area contributed by atoms with Crippen molar-refractivity contribution in [3.63, 3.8) is 0 Å². The molecule has 0 spiro atoms. The van der Waals surface area contributed by atoms with E-state index in [0.717, 1.165) is 11.1 Å². The number of hydrogen-bond donors (Lipinski definition) is 1. The van der Waals surface area contributed by atoms with Crippen molar-refractivity contribution in [3.05, 3.63) is 58.1 Å². The van der Waals surface area contributed by atoms with E-state index in [1.54, 1.807) is 35.1 Å². The number of rotatable bonds is 4. The Kier molecular flexibility index (Phi) is 3.95. The predicted molar refractivity (Wildman–Crippen MR) is 94.7 cm³/mol. The van der Waals surface area contributed by atoms with E-state index in [-0.39, 0.29) is 17.7 Å². The Bertz CT molecular complexity index is 1120. The van der Waals surface area contributed by atoms with Gasteiger partial charge in [-0.25, -0.2) is 4.52 Å². The van der Waals surface area contributed by atoms with Gasteiger partial charge in [0.2, 0.25) is 0 Å². The fourth-order valence-electron chi connectivity index (χ4n) is 2.78. The molecule has 0 bridgehead atoms. The van der Waals surface area contributed by atoms with Gasteiger partial charge in [-0.05, 0) is 30.2 Å². The largest absolute Gasteiger partial charge is 0.396 e. The molecule has 1 N–H and O–H groups in total. The van der Waals surface area contributed by atoms with Crippen LogP contribution < -0.4 is 5.56 Å². The van der Waals surface area contributed by atoms with Gasteiger partial charge >= 0.3 is 0 Å². The number of hydrogen-bond acceptors (Lipinski definition) is 5. The Morgan fingerprint density at radius 3 is 2.68 bits per heavy atom. The first-order valence-corrected chi connectivity index (χ1v) is 8.17. The van der Waals surface area contributed by atoms with E-state index < -0.39 is 0 Å². The normalized spacial score (nSPS) is 11.4. The van der Waals surface area contributed by atoms with Crippen LogP contribution in [0.5, 0.6) is 0 Å². The summed E-state index contributed by atoms with van der Waals surface area (Å²) in [4.78, 5) is 12.5. The Morgan fingerprint density at radius 2 is 1.92 bits per heavy atom. The van der Waals surface area contributed by atoms with Gasteiger partial charge in [0.25, 0.3) is 5.56 Å². The van der Waals surface area contributed by atoms with E-state index >= 15 is 0 Å². The lowest BCUT2D eigenvalue weighted by Crippen LogP contribution is -2.22. The predicted octanol–water partition coefficient (Wildman–Crippen LogP) is 2.14. The molecule has 0 radical (unpaired) electrons. The third-order valence-corrected chi connectivity index (χ3v) is 4.30. The van der Waals surface area contributed by atoms with Gasteiger partial charge in [-0.1, -0.05) is 23.7 Å². The second-order valence-corrected chi connectivity index (χ2v) is 6.06. The molecule has 0 aliphatic carbocycles. The molecule has 0 atom stereocenters. The highest BCUT2D eigenvalue weighted by Gasteiger charge is 2.14. The number of benzene rings is 1. The fourth-order valence-corrected chi connectivity index (χ4v) is 2.91. The van der Waals surface area contributed by atoms with E-state index in [1.807, 2.05) is 12.1 Å². The van der Waals surface area contributed by atoms with Crippen molar-refractivity contribution in [2.45, 2.75) is 13.0 Å². The second-order valence-electron chi connectivity index (χ2n) is 5.63. The number of fused-ring (bicyclic) bond motifs is 3. The molecule has 0 saturated carbocycles. The quantitative estimate of drug-likeness (QED) is 0.606. The maximum absolute atomic E-state index is 12.5. The zero-order valence-corrected chi connectivity index (χ0v) is 13.9. The van der Waals surface area contributed by atoms with Crippen molar-refractivity contribution in [2.75, 3.05) is 6.61 Å². The van der Waals surface area contributed by atoms with Crippen LogP contribution in [-0.4, -0.2) is 36.1 Å². The lowest BCUT2D eigenvalue weighted by atomic mass is 10.1. The SMILES string of the molecule is O=c1c2nnc3c(-c4ccc(Cl)cc4)cnn3c2ccn1CCCO. The Hall–Kier alpha value is -2.77. The van der Waals surface area contributed by atoms with E-state index in [9.17, 15) is 4.79 Å². The molecule has 0 unspecified atom stereocenters. The molecule has 0 fully saturated rings. The first kappa shape index (κ1) is 15.7. The first-order chi connectivity index (χ1) is 12.2. The minimum Gasteiger partial charge on any atom is -0.396 e. The van der Waals surface area contributed by atoms with Gasteiger partial charge in [0, 0.05) is 29.9 Å². The van der Waals surface area contributed by atoms with Crippen LogP contribution in [0.2, 0.25) is 5.02 Å². The van der Waals surface area contributed by atoms with Crippen LogP contribution in [-0.2, 0) is 6.54 Å². The maximum atomic E-state index is 12.5. The van der Waals surface area contributed by atoms with Crippen molar-refractivity contribution in [1.29, 1.82) is 0 Å². The average Bonchev–Trinajstić information content (AvgIpc) is 3.06. The average molecular weight is 356 g/mol. The summed E-state index contributed by atoms with van der Waals surface area (Å²) in [5, 5.41) is 22.3. The maximum Gasteiger partial charge on any atom is 0.280 e. The van der Waals surface area contributed by atoms with Crippen LogP contribution in [0.4, 0.5) is 0 Å². The van der Waals surface area contributed by atoms with Gasteiger partial charge in [0.15, 0.2) is 11.2 Å². The summed E-state index contributed by atoms with van der Waals surface area (Å²) in [6.45, 7) is 0.457. The van der Waals surface area contributed by atoms with Crippen LogP contribution in [0.25, 0.3) is 27.8 Å². The van der Waals surface area contributed by atoms with E-state index in [1.165, 1.54) is 4.57 Å². The molecule has 25 heavy (non-hydrogen) atoms. The fraction of sp³-hybridized carbons (Fsp3) is 0.176. The molecule has 126 valence electrons. The van der Waals surface area contributed by atoms with E-state index in [4.69, 9.17) is 16.7 Å². The summed E-state index contributed by atoms with van der Waals surface area (Å²) in [5.41, 5.74) is 2.90. The molecule has 8 heteroatoms. The topological polar surface area (TPSA) is 85.3 Å². The van der Waals surface area contributed by atoms with Crippen LogP contribution in [0.3, 0.4) is 0 Å². The van der Waals surface area contributed by atoms with Crippen molar-refractivity contribution in [2.24, 2.45) is 0 Å². The molecule has 0 amide bonds. The molecule has 4 rings (SSSR count). The summed E-state index contributed by atoms with van der Waals surface area (Å²) >= 11 is 5.94. The summed E-state index contributed by atoms with van der Waals surface area (Å²) in [6, 6.07) is 9.16. The number of halogens is 1. The molecule has 3 heterocycles. The summed E-state index contributed by atoms with van der Waals surface area (Å²) in [7, 11) is 0. The Balaban J connectivity index is 1.89. The minimum atomic E-state index is -0.246. The third kappa shape index (κ3) is 2.67. The minimum absolute atomic E-state index is 0.0266. The molecule has 0 aliphatic heterocycles. The van der Waals surface area contributed by atoms with Crippen molar-refractivity contribution < 1.29 is 5.11 Å². The van der Waals surface area contributed by atoms with Gasteiger partial charge in [-0.3, -0.25) is 4.79 Å². The monoisotopic (exact) mass is 355 g/mol. The summed E-state index contributed by atoms with van der Waals surface area (Å²) < 4.78 is 3.13. The summed E-state index contributed by atoms with van der Waals surface area (Å²) in [5.74, 6) is 0. The molecule has 7 nitrogen and oxygen atoms in total. The summed E-state index contributed by atoms with van der Waals surface area (Å²) in [6.07, 6.45) is 3.89. The highest BCUT2D eigenvalue weighted by Crippen LogP contribution is 2.25. The zero-order valence-electron chi connectivity index (χ0n) is 13.1. The van der Waals surface area contributed by atoms with Gasteiger partial charge < -0.3 is 9.67 Å². The van der Waals surface area contributed by atoms with Crippen molar-refractivity contribution in [3.8, 4) is 11.1 Å². The van der Waals surface area contributed by atoms with Gasteiger partial charge in [0.1, 0.15) is 5.52 Å². The van der Waals surface area contributed by atoms with Crippen molar-refractivity contribution >= 4 is 28.3 Å². The van der Waals surface area contributed by atoms with Crippen LogP contribution in [0.15, 0.2) is 47.5 Å². The number of pyridine rings is 1. The molecule has 0 aliphatic rings. The highest BCUT2D eigenvalue weighted by atomic mass is 35.5. The van der Waals surface area contributed by atoms with Gasteiger partial charge in [0.05, 0.1) is 6.20 Å². The van der Waals surface area contributed by atoms with Crippen LogP contribution >= 0.6 is 11.6 Å². The smallest absolute Gasteiger partial charge is 0.280 e. The number of aryl methyl sites for hydroxylation is 1. The molecule has 4 aromatic rings. The molecule has 3 aromatic heterocycles. The second kappa shape index (κ2) is 6.27. The van der Waals surface area contributed by atoms with Crippen LogP contribution in [0, 0.1) is 0 Å². The molecule has 1 aromatic carbocycles. The van der Waals surface area contributed by atoms with Gasteiger partial charge in [-0.15, -0.1) is 10.2 Å². The highest BCUT2D eigenvalue weighted by molar-refractivity contribution is 6.30. The number of aliphatic hydroxyl groups is 1. The third-order valence-electron chi connectivity index (χ3n) is 4.05. The van der Waals surface area contributed by atoms with Gasteiger partial charge in [-0.2, -0.15) is 5.10 Å². The molecule has 0 saturated heterocycles. The first-order valence-electron chi connectivity index (χ1n) is 7.79. The van der Waals surface area contributed by atoms with Crippen LogP contribution in [0.1, 0.15) is 6.42 Å². The van der Waals surface area contributed by atoms with E-state index in [2.05, 4.69) is 15.3 Å². The number of nitrogens with zero attached hydrogens (tertiary/aromatic N) is 5. The zero-order chi connectivity index (χ0) is 17.4.